The zero-order valence-corrected chi connectivity index (χ0v) is 9.12. The summed E-state index contributed by atoms with van der Waals surface area (Å²) in [5.74, 6) is 0.742. The maximum Gasteiger partial charge on any atom is 0.161 e. The number of carbonyl (C=O) groups is 1. The highest BCUT2D eigenvalue weighted by molar-refractivity contribution is 5.80. The largest absolute Gasteiger partial charge is 0.504 e. The third-order valence-electron chi connectivity index (χ3n) is 2.12. The minimum atomic E-state index is 0.115. The zero-order valence-electron chi connectivity index (χ0n) is 9.12. The van der Waals surface area contributed by atoms with Crippen LogP contribution in [-0.4, -0.2) is 17.5 Å². The van der Waals surface area contributed by atoms with E-state index >= 15 is 0 Å². The van der Waals surface area contributed by atoms with Crippen LogP contribution in [0.4, 0.5) is 0 Å². The van der Waals surface area contributed by atoms with Crippen LogP contribution in [0, 0.1) is 0 Å². The van der Waals surface area contributed by atoms with E-state index in [1.54, 1.807) is 18.2 Å². The molecule has 15 heavy (non-hydrogen) atoms. The van der Waals surface area contributed by atoms with Crippen molar-refractivity contribution in [2.45, 2.75) is 26.7 Å². The topological polar surface area (TPSA) is 46.5 Å². The molecule has 0 radical (unpaired) electrons. The lowest BCUT2D eigenvalue weighted by Crippen LogP contribution is -2.01. The first kappa shape index (κ1) is 11.6. The number of hydrogen-bond donors (Lipinski definition) is 1. The van der Waals surface area contributed by atoms with Gasteiger partial charge in [-0.3, -0.25) is 4.79 Å². The van der Waals surface area contributed by atoms with Crippen LogP contribution in [0.3, 0.4) is 0 Å². The van der Waals surface area contributed by atoms with Crippen molar-refractivity contribution < 1.29 is 14.6 Å². The molecule has 1 aromatic rings. The SMILES string of the molecule is CCOc1cc(CC(=O)CC)ccc1O. The molecule has 1 aromatic carbocycles. The van der Waals surface area contributed by atoms with Gasteiger partial charge in [-0.2, -0.15) is 0 Å². The van der Waals surface area contributed by atoms with Gasteiger partial charge in [-0.1, -0.05) is 13.0 Å². The summed E-state index contributed by atoms with van der Waals surface area (Å²) >= 11 is 0. The number of phenolic OH excluding ortho intramolecular Hbond substituents is 1. The Kier molecular flexibility index (Phi) is 4.16. The summed E-state index contributed by atoms with van der Waals surface area (Å²) in [5, 5.41) is 9.45. The molecule has 3 heteroatoms. The first-order valence-corrected chi connectivity index (χ1v) is 5.13. The summed E-state index contributed by atoms with van der Waals surface area (Å²) in [6.07, 6.45) is 0.932. The van der Waals surface area contributed by atoms with E-state index in [2.05, 4.69) is 0 Å². The Hall–Kier alpha value is -1.51. The number of benzene rings is 1. The second kappa shape index (κ2) is 5.39. The second-order valence-electron chi connectivity index (χ2n) is 3.30. The number of ketones is 1. The predicted octanol–water partition coefficient (Wildman–Crippen LogP) is 2.31. The van der Waals surface area contributed by atoms with Crippen molar-refractivity contribution in [2.75, 3.05) is 6.61 Å². The fourth-order valence-corrected chi connectivity index (χ4v) is 1.29. The lowest BCUT2D eigenvalue weighted by molar-refractivity contribution is -0.118. The predicted molar refractivity (Wildman–Crippen MR) is 58.3 cm³/mol. The van der Waals surface area contributed by atoms with E-state index in [0.29, 0.717) is 25.2 Å². The Labute approximate surface area is 89.7 Å². The summed E-state index contributed by atoms with van der Waals surface area (Å²) in [7, 11) is 0. The van der Waals surface area contributed by atoms with E-state index in [1.165, 1.54) is 0 Å². The molecule has 0 aliphatic carbocycles. The molecule has 0 saturated heterocycles. The molecule has 1 N–H and O–H groups in total. The van der Waals surface area contributed by atoms with Crippen LogP contribution in [0.15, 0.2) is 18.2 Å². The number of hydrogen-bond acceptors (Lipinski definition) is 3. The molecular formula is C12H16O3. The molecule has 0 aliphatic rings. The van der Waals surface area contributed by atoms with Crippen LogP contribution in [-0.2, 0) is 11.2 Å². The molecular weight excluding hydrogens is 192 g/mol. The highest BCUT2D eigenvalue weighted by Crippen LogP contribution is 2.27. The zero-order chi connectivity index (χ0) is 11.3. The van der Waals surface area contributed by atoms with Crippen LogP contribution >= 0.6 is 0 Å². The summed E-state index contributed by atoms with van der Waals surface area (Å²) in [5.41, 5.74) is 0.878. The Morgan fingerprint density at radius 3 is 2.73 bits per heavy atom. The van der Waals surface area contributed by atoms with Crippen molar-refractivity contribution >= 4 is 5.78 Å². The number of ether oxygens (including phenoxy) is 1. The van der Waals surface area contributed by atoms with Crippen molar-refractivity contribution in [3.05, 3.63) is 23.8 Å². The van der Waals surface area contributed by atoms with E-state index in [4.69, 9.17) is 4.74 Å². The van der Waals surface area contributed by atoms with Crippen molar-refractivity contribution in [1.29, 1.82) is 0 Å². The number of phenols is 1. The van der Waals surface area contributed by atoms with Gasteiger partial charge in [0.2, 0.25) is 0 Å². The summed E-state index contributed by atoms with van der Waals surface area (Å²) in [6, 6.07) is 5.01. The number of Topliss-reactive ketones (excluding diaryl/α,β-unsaturated/α-hetero) is 1. The molecule has 0 bridgehead atoms. The monoisotopic (exact) mass is 208 g/mol. The first-order valence-electron chi connectivity index (χ1n) is 5.13. The van der Waals surface area contributed by atoms with Crippen LogP contribution in [0.1, 0.15) is 25.8 Å². The van der Waals surface area contributed by atoms with Gasteiger partial charge < -0.3 is 9.84 Å². The highest BCUT2D eigenvalue weighted by atomic mass is 16.5. The molecule has 0 amide bonds. The average molecular weight is 208 g/mol. The van der Waals surface area contributed by atoms with Crippen LogP contribution < -0.4 is 4.74 Å². The van der Waals surface area contributed by atoms with E-state index in [0.717, 1.165) is 5.56 Å². The number of rotatable bonds is 5. The fourth-order valence-electron chi connectivity index (χ4n) is 1.29. The summed E-state index contributed by atoms with van der Waals surface area (Å²) < 4.78 is 5.23. The standard InChI is InChI=1S/C12H16O3/c1-3-10(13)7-9-5-6-11(14)12(8-9)15-4-2/h5-6,8,14H,3-4,7H2,1-2H3. The van der Waals surface area contributed by atoms with E-state index in [1.807, 2.05) is 13.8 Å². The number of aromatic hydroxyl groups is 1. The molecule has 0 saturated carbocycles. The molecule has 3 nitrogen and oxygen atoms in total. The van der Waals surface area contributed by atoms with E-state index in [-0.39, 0.29) is 11.5 Å². The maximum atomic E-state index is 11.2. The Balaban J connectivity index is 2.82. The van der Waals surface area contributed by atoms with Gasteiger partial charge in [-0.05, 0) is 24.6 Å². The lowest BCUT2D eigenvalue weighted by atomic mass is 10.1. The third kappa shape index (κ3) is 3.27. The Morgan fingerprint density at radius 1 is 1.40 bits per heavy atom. The first-order chi connectivity index (χ1) is 7.17. The average Bonchev–Trinajstić information content (AvgIpc) is 2.23. The minimum absolute atomic E-state index is 0.115. The van der Waals surface area contributed by atoms with E-state index < -0.39 is 0 Å². The van der Waals surface area contributed by atoms with Gasteiger partial charge in [-0.25, -0.2) is 0 Å². The molecule has 0 aromatic heterocycles. The van der Waals surface area contributed by atoms with Crippen molar-refractivity contribution in [2.24, 2.45) is 0 Å². The lowest BCUT2D eigenvalue weighted by Gasteiger charge is -2.07. The fraction of sp³-hybridized carbons (Fsp3) is 0.417. The quantitative estimate of drug-likeness (QED) is 0.807. The van der Waals surface area contributed by atoms with Crippen LogP contribution in [0.5, 0.6) is 11.5 Å². The molecule has 82 valence electrons. The van der Waals surface area contributed by atoms with Crippen LogP contribution in [0.25, 0.3) is 0 Å². The molecule has 0 heterocycles. The minimum Gasteiger partial charge on any atom is -0.504 e. The van der Waals surface area contributed by atoms with Gasteiger partial charge in [0, 0.05) is 12.8 Å². The summed E-state index contributed by atoms with van der Waals surface area (Å²) in [4.78, 5) is 11.2. The van der Waals surface area contributed by atoms with Gasteiger partial charge in [0.05, 0.1) is 6.61 Å². The molecule has 0 fully saturated rings. The van der Waals surface area contributed by atoms with E-state index in [9.17, 15) is 9.90 Å². The highest BCUT2D eigenvalue weighted by Gasteiger charge is 2.06. The molecule has 0 atom stereocenters. The van der Waals surface area contributed by atoms with Gasteiger partial charge in [0.25, 0.3) is 0 Å². The Bertz CT molecular complexity index is 345. The van der Waals surface area contributed by atoms with Gasteiger partial charge >= 0.3 is 0 Å². The molecule has 0 spiro atoms. The Morgan fingerprint density at radius 2 is 2.13 bits per heavy atom. The van der Waals surface area contributed by atoms with Crippen molar-refractivity contribution in [3.63, 3.8) is 0 Å². The maximum absolute atomic E-state index is 11.2. The third-order valence-corrected chi connectivity index (χ3v) is 2.12. The van der Waals surface area contributed by atoms with Crippen molar-refractivity contribution in [1.82, 2.24) is 0 Å². The van der Waals surface area contributed by atoms with Gasteiger partial charge in [0.1, 0.15) is 5.78 Å². The summed E-state index contributed by atoms with van der Waals surface area (Å²) in [6.45, 7) is 4.19. The molecule has 1 rings (SSSR count). The van der Waals surface area contributed by atoms with Gasteiger partial charge in [-0.15, -0.1) is 0 Å². The molecule has 0 unspecified atom stereocenters. The number of carbonyl (C=O) groups excluding carboxylic acids is 1. The van der Waals surface area contributed by atoms with Gasteiger partial charge in [0.15, 0.2) is 11.5 Å². The normalized spacial score (nSPS) is 10.0. The smallest absolute Gasteiger partial charge is 0.161 e. The van der Waals surface area contributed by atoms with Crippen LogP contribution in [0.2, 0.25) is 0 Å². The molecule has 0 aliphatic heterocycles. The van der Waals surface area contributed by atoms with Crippen molar-refractivity contribution in [3.8, 4) is 11.5 Å². The second-order valence-corrected chi connectivity index (χ2v) is 3.30.